The molecular formula is C25H32N2. The van der Waals surface area contributed by atoms with Gasteiger partial charge in [-0.2, -0.15) is 0 Å². The van der Waals surface area contributed by atoms with Crippen molar-refractivity contribution in [2.24, 2.45) is 0 Å². The van der Waals surface area contributed by atoms with E-state index in [1.54, 1.807) is 0 Å². The number of hydrogen-bond acceptors (Lipinski definition) is 2. The maximum Gasteiger partial charge on any atom is 0.0705 e. The van der Waals surface area contributed by atoms with E-state index in [9.17, 15) is 0 Å². The summed E-state index contributed by atoms with van der Waals surface area (Å²) in [6.07, 6.45) is 8.08. The molecule has 0 aliphatic carbocycles. The van der Waals surface area contributed by atoms with Gasteiger partial charge in [-0.15, -0.1) is 0 Å². The molecule has 1 heterocycles. The molecule has 1 aromatic heterocycles. The van der Waals surface area contributed by atoms with E-state index in [0.29, 0.717) is 0 Å². The van der Waals surface area contributed by atoms with E-state index >= 15 is 0 Å². The van der Waals surface area contributed by atoms with E-state index < -0.39 is 0 Å². The van der Waals surface area contributed by atoms with Crippen LogP contribution in [-0.4, -0.2) is 11.5 Å². The van der Waals surface area contributed by atoms with Crippen LogP contribution in [0.2, 0.25) is 0 Å². The first-order valence-electron chi connectivity index (χ1n) is 9.79. The first-order valence-corrected chi connectivity index (χ1v) is 9.79. The summed E-state index contributed by atoms with van der Waals surface area (Å²) in [5, 5.41) is 3.56. The number of nitrogens with zero attached hydrogens (tertiary/aromatic N) is 1. The van der Waals surface area contributed by atoms with Crippen molar-refractivity contribution in [2.75, 3.05) is 6.54 Å². The maximum absolute atomic E-state index is 4.81. The average Bonchev–Trinajstić information content (AvgIpc) is 2.70. The van der Waals surface area contributed by atoms with Crippen LogP contribution < -0.4 is 5.32 Å². The zero-order chi connectivity index (χ0) is 19.6. The number of aryl methyl sites for hydroxylation is 2. The van der Waals surface area contributed by atoms with Crippen molar-refractivity contribution in [2.45, 2.75) is 47.1 Å². The topological polar surface area (TPSA) is 24.9 Å². The fraction of sp³-hybridized carbons (Fsp3) is 0.320. The second-order valence-corrected chi connectivity index (χ2v) is 6.90. The lowest BCUT2D eigenvalue weighted by Crippen LogP contribution is -2.18. The Hall–Kier alpha value is -2.45. The van der Waals surface area contributed by atoms with Gasteiger partial charge < -0.3 is 5.32 Å². The highest BCUT2D eigenvalue weighted by Crippen LogP contribution is 2.16. The van der Waals surface area contributed by atoms with Gasteiger partial charge in [-0.05, 0) is 56.0 Å². The number of allylic oxidation sites excluding steroid dienone is 5. The van der Waals surface area contributed by atoms with Gasteiger partial charge in [0, 0.05) is 25.2 Å². The molecule has 1 N–H and O–H groups in total. The number of benzene rings is 1. The van der Waals surface area contributed by atoms with E-state index in [2.05, 4.69) is 75.2 Å². The molecule has 27 heavy (non-hydrogen) atoms. The van der Waals surface area contributed by atoms with Gasteiger partial charge in [0.05, 0.1) is 5.69 Å². The van der Waals surface area contributed by atoms with Gasteiger partial charge in [-0.1, -0.05) is 67.1 Å². The number of pyridine rings is 1. The predicted molar refractivity (Wildman–Crippen MR) is 118 cm³/mol. The normalized spacial score (nSPS) is 12.3. The number of rotatable bonds is 9. The van der Waals surface area contributed by atoms with Crippen molar-refractivity contribution >= 4 is 5.57 Å². The van der Waals surface area contributed by atoms with Gasteiger partial charge in [0.2, 0.25) is 0 Å². The molecule has 142 valence electrons. The summed E-state index contributed by atoms with van der Waals surface area (Å²) in [5.41, 5.74) is 8.51. The molecule has 0 amide bonds. The van der Waals surface area contributed by atoms with E-state index in [0.717, 1.165) is 42.9 Å². The lowest BCUT2D eigenvalue weighted by atomic mass is 10.0. The molecule has 0 saturated heterocycles. The van der Waals surface area contributed by atoms with Crippen LogP contribution in [0.5, 0.6) is 0 Å². The van der Waals surface area contributed by atoms with Crippen LogP contribution in [0, 0.1) is 6.92 Å². The van der Waals surface area contributed by atoms with Gasteiger partial charge >= 0.3 is 0 Å². The average molecular weight is 361 g/mol. The summed E-state index contributed by atoms with van der Waals surface area (Å²) < 4.78 is 0. The fourth-order valence-electron chi connectivity index (χ4n) is 3.04. The van der Waals surface area contributed by atoms with Gasteiger partial charge in [0.1, 0.15) is 0 Å². The van der Waals surface area contributed by atoms with E-state index in [4.69, 9.17) is 4.98 Å². The van der Waals surface area contributed by atoms with E-state index in [1.165, 1.54) is 22.3 Å². The molecule has 0 spiro atoms. The summed E-state index contributed by atoms with van der Waals surface area (Å²) in [5.74, 6) is 0. The van der Waals surface area contributed by atoms with Crippen molar-refractivity contribution in [3.05, 3.63) is 94.9 Å². The highest BCUT2D eigenvalue weighted by Gasteiger charge is 2.04. The first kappa shape index (κ1) is 20.9. The minimum absolute atomic E-state index is 0.904. The SMILES string of the molecule is C=C/C(=C\C(C)=C/C)c1cccc(CCNCc2ccc(C)cc2CC)n1. The van der Waals surface area contributed by atoms with Gasteiger partial charge in [0.15, 0.2) is 0 Å². The van der Waals surface area contributed by atoms with Crippen LogP contribution >= 0.6 is 0 Å². The molecule has 2 heteroatoms. The molecule has 0 saturated carbocycles. The highest BCUT2D eigenvalue weighted by atomic mass is 14.9. The Morgan fingerprint density at radius 3 is 2.70 bits per heavy atom. The van der Waals surface area contributed by atoms with Gasteiger partial charge in [0.25, 0.3) is 0 Å². The summed E-state index contributed by atoms with van der Waals surface area (Å²) in [4.78, 5) is 4.81. The highest BCUT2D eigenvalue weighted by molar-refractivity contribution is 5.73. The molecule has 0 bridgehead atoms. The molecule has 2 rings (SSSR count). The Morgan fingerprint density at radius 1 is 1.19 bits per heavy atom. The van der Waals surface area contributed by atoms with Crippen molar-refractivity contribution in [1.29, 1.82) is 0 Å². The minimum atomic E-state index is 0.904. The van der Waals surface area contributed by atoms with Crippen molar-refractivity contribution in [1.82, 2.24) is 10.3 Å². The quantitative estimate of drug-likeness (QED) is 0.450. The largest absolute Gasteiger partial charge is 0.312 e. The van der Waals surface area contributed by atoms with Gasteiger partial charge in [-0.25, -0.2) is 0 Å². The standard InChI is InChI=1S/C25H32N2/c1-6-19(4)16-22(8-3)25-11-9-10-24(27-25)14-15-26-18-23-13-12-20(5)17-21(23)7-2/h6,8-13,16-17,26H,3,7,14-15,18H2,1-2,4-5H3/b19-6-,22-16+. The Kier molecular flexibility index (Phi) is 8.22. The lowest BCUT2D eigenvalue weighted by Gasteiger charge is -2.11. The van der Waals surface area contributed by atoms with Crippen molar-refractivity contribution < 1.29 is 0 Å². The molecule has 2 nitrogen and oxygen atoms in total. The molecule has 0 fully saturated rings. The smallest absolute Gasteiger partial charge is 0.0705 e. The summed E-state index contributed by atoms with van der Waals surface area (Å²) in [7, 11) is 0. The monoisotopic (exact) mass is 360 g/mol. The Bertz CT molecular complexity index is 828. The van der Waals surface area contributed by atoms with E-state index in [1.807, 2.05) is 19.1 Å². The third kappa shape index (κ3) is 6.33. The van der Waals surface area contributed by atoms with Crippen molar-refractivity contribution in [3.63, 3.8) is 0 Å². The van der Waals surface area contributed by atoms with Crippen molar-refractivity contribution in [3.8, 4) is 0 Å². The van der Waals surface area contributed by atoms with Crippen LogP contribution in [0.1, 0.15) is 48.8 Å². The zero-order valence-corrected chi connectivity index (χ0v) is 17.2. The molecule has 2 aromatic rings. The van der Waals surface area contributed by atoms with Crippen LogP contribution in [-0.2, 0) is 19.4 Å². The molecule has 0 radical (unpaired) electrons. The van der Waals surface area contributed by atoms with Crippen LogP contribution in [0.4, 0.5) is 0 Å². The maximum atomic E-state index is 4.81. The summed E-state index contributed by atoms with van der Waals surface area (Å²) >= 11 is 0. The summed E-state index contributed by atoms with van der Waals surface area (Å²) in [6, 6.07) is 12.9. The molecule has 0 aliphatic rings. The second-order valence-electron chi connectivity index (χ2n) is 6.90. The Labute approximate surface area is 164 Å². The number of nitrogens with one attached hydrogen (secondary N) is 1. The second kappa shape index (κ2) is 10.6. The van der Waals surface area contributed by atoms with Crippen LogP contribution in [0.15, 0.2) is 66.8 Å². The molecule has 0 atom stereocenters. The first-order chi connectivity index (χ1) is 13.1. The number of aromatic nitrogens is 1. The minimum Gasteiger partial charge on any atom is -0.312 e. The molecular weight excluding hydrogens is 328 g/mol. The fourth-order valence-corrected chi connectivity index (χ4v) is 3.04. The predicted octanol–water partition coefficient (Wildman–Crippen LogP) is 5.82. The van der Waals surface area contributed by atoms with E-state index in [-0.39, 0.29) is 0 Å². The van der Waals surface area contributed by atoms with Crippen LogP contribution in [0.3, 0.4) is 0 Å². The lowest BCUT2D eigenvalue weighted by molar-refractivity contribution is 0.675. The Morgan fingerprint density at radius 2 is 2.00 bits per heavy atom. The third-order valence-electron chi connectivity index (χ3n) is 4.78. The molecule has 1 aromatic carbocycles. The summed E-state index contributed by atoms with van der Waals surface area (Å²) in [6.45, 7) is 14.3. The number of hydrogen-bond donors (Lipinski definition) is 1. The zero-order valence-electron chi connectivity index (χ0n) is 17.2. The van der Waals surface area contributed by atoms with Crippen LogP contribution in [0.25, 0.3) is 5.57 Å². The van der Waals surface area contributed by atoms with Gasteiger partial charge in [-0.3, -0.25) is 4.98 Å². The Balaban J connectivity index is 1.97. The molecule has 0 unspecified atom stereocenters. The molecule has 0 aliphatic heterocycles. The third-order valence-corrected chi connectivity index (χ3v) is 4.78.